The Morgan fingerprint density at radius 1 is 1.36 bits per heavy atom. The molecule has 14 heavy (non-hydrogen) atoms. The van der Waals surface area contributed by atoms with E-state index < -0.39 is 6.09 Å². The molecule has 0 aliphatic heterocycles. The van der Waals surface area contributed by atoms with Crippen LogP contribution in [0.3, 0.4) is 0 Å². The quantitative estimate of drug-likeness (QED) is 0.400. The molecule has 1 aliphatic rings. The first-order valence-corrected chi connectivity index (χ1v) is 5.17. The van der Waals surface area contributed by atoms with Gasteiger partial charge in [-0.25, -0.2) is 15.6 Å². The number of amides is 1. The highest BCUT2D eigenvalue weighted by molar-refractivity contribution is 5.67. The SMILES string of the molecule is CC(C)(C)N(N)C(=O)OC1CCCC1. The Balaban J connectivity index is 2.41. The molecule has 0 aromatic rings. The third kappa shape index (κ3) is 2.87. The molecule has 4 heteroatoms. The van der Waals surface area contributed by atoms with Crippen molar-refractivity contribution in [3.05, 3.63) is 0 Å². The van der Waals surface area contributed by atoms with E-state index in [9.17, 15) is 4.79 Å². The number of nitrogens with zero attached hydrogens (tertiary/aromatic N) is 1. The lowest BCUT2D eigenvalue weighted by atomic mass is 10.1. The Labute approximate surface area is 85.4 Å². The van der Waals surface area contributed by atoms with Crippen molar-refractivity contribution in [3.63, 3.8) is 0 Å². The van der Waals surface area contributed by atoms with Crippen molar-refractivity contribution >= 4 is 6.09 Å². The molecule has 0 radical (unpaired) electrons. The van der Waals surface area contributed by atoms with Gasteiger partial charge in [-0.3, -0.25) is 0 Å². The van der Waals surface area contributed by atoms with E-state index in [-0.39, 0.29) is 11.6 Å². The molecule has 1 amide bonds. The third-order valence-electron chi connectivity index (χ3n) is 2.49. The van der Waals surface area contributed by atoms with E-state index in [0.29, 0.717) is 0 Å². The van der Waals surface area contributed by atoms with Crippen LogP contribution in [0.25, 0.3) is 0 Å². The summed E-state index contributed by atoms with van der Waals surface area (Å²) in [6, 6.07) is 0. The second kappa shape index (κ2) is 4.17. The van der Waals surface area contributed by atoms with Gasteiger partial charge in [0, 0.05) is 0 Å². The number of carbonyl (C=O) groups excluding carboxylic acids is 1. The standard InChI is InChI=1S/C10H20N2O2/c1-10(2,3)12(11)9(13)14-8-6-4-5-7-8/h8H,4-7,11H2,1-3H3. The lowest BCUT2D eigenvalue weighted by Crippen LogP contribution is -2.51. The predicted molar refractivity (Wildman–Crippen MR) is 54.5 cm³/mol. The lowest BCUT2D eigenvalue weighted by molar-refractivity contribution is 0.0390. The van der Waals surface area contributed by atoms with Gasteiger partial charge in [-0.15, -0.1) is 0 Å². The summed E-state index contributed by atoms with van der Waals surface area (Å²) >= 11 is 0. The Hall–Kier alpha value is -0.770. The molecule has 1 rings (SSSR count). The van der Waals surface area contributed by atoms with E-state index in [1.807, 2.05) is 20.8 Å². The second-order valence-electron chi connectivity index (χ2n) is 4.83. The summed E-state index contributed by atoms with van der Waals surface area (Å²) in [4.78, 5) is 11.5. The van der Waals surface area contributed by atoms with E-state index in [1.54, 1.807) is 0 Å². The van der Waals surface area contributed by atoms with E-state index >= 15 is 0 Å². The van der Waals surface area contributed by atoms with E-state index in [1.165, 1.54) is 0 Å². The minimum atomic E-state index is -0.413. The number of nitrogens with two attached hydrogens (primary N) is 1. The highest BCUT2D eigenvalue weighted by atomic mass is 16.6. The van der Waals surface area contributed by atoms with Crippen LogP contribution in [0.15, 0.2) is 0 Å². The van der Waals surface area contributed by atoms with Crippen molar-refractivity contribution in [2.24, 2.45) is 5.84 Å². The van der Waals surface area contributed by atoms with Crippen molar-refractivity contribution in [1.29, 1.82) is 0 Å². The van der Waals surface area contributed by atoms with Gasteiger partial charge in [-0.2, -0.15) is 0 Å². The molecular weight excluding hydrogens is 180 g/mol. The van der Waals surface area contributed by atoms with Crippen LogP contribution in [-0.4, -0.2) is 22.7 Å². The van der Waals surface area contributed by atoms with Gasteiger partial charge in [0.15, 0.2) is 0 Å². The highest BCUT2D eigenvalue weighted by Crippen LogP contribution is 2.22. The molecule has 0 aromatic heterocycles. The second-order valence-corrected chi connectivity index (χ2v) is 4.83. The summed E-state index contributed by atoms with van der Waals surface area (Å²) in [5.41, 5.74) is -0.379. The first-order chi connectivity index (χ1) is 6.41. The van der Waals surface area contributed by atoms with Gasteiger partial charge in [-0.1, -0.05) is 0 Å². The minimum Gasteiger partial charge on any atom is -0.445 e. The van der Waals surface area contributed by atoms with E-state index in [0.717, 1.165) is 30.7 Å². The summed E-state index contributed by atoms with van der Waals surface area (Å²) in [5, 5.41) is 1.16. The molecule has 1 aliphatic carbocycles. The monoisotopic (exact) mass is 200 g/mol. The lowest BCUT2D eigenvalue weighted by Gasteiger charge is -2.31. The fraction of sp³-hybridized carbons (Fsp3) is 0.900. The molecule has 0 unspecified atom stereocenters. The summed E-state index contributed by atoms with van der Waals surface area (Å²) in [5.74, 6) is 5.63. The van der Waals surface area contributed by atoms with Crippen LogP contribution in [0.4, 0.5) is 4.79 Å². The van der Waals surface area contributed by atoms with Crippen LogP contribution in [0.5, 0.6) is 0 Å². The molecule has 0 spiro atoms. The summed E-state index contributed by atoms with van der Waals surface area (Å²) in [7, 11) is 0. The van der Waals surface area contributed by atoms with Crippen LogP contribution in [0.1, 0.15) is 46.5 Å². The Morgan fingerprint density at radius 2 is 1.86 bits per heavy atom. The first-order valence-electron chi connectivity index (χ1n) is 5.17. The Kier molecular flexibility index (Phi) is 3.37. The largest absolute Gasteiger partial charge is 0.445 e. The zero-order valence-corrected chi connectivity index (χ0v) is 9.25. The van der Waals surface area contributed by atoms with Gasteiger partial charge in [0.25, 0.3) is 0 Å². The van der Waals surface area contributed by atoms with Crippen LogP contribution in [0, 0.1) is 0 Å². The average molecular weight is 200 g/mol. The van der Waals surface area contributed by atoms with Crippen LogP contribution >= 0.6 is 0 Å². The van der Waals surface area contributed by atoms with Gasteiger partial charge in [0.05, 0.1) is 5.54 Å². The average Bonchev–Trinajstić information content (AvgIpc) is 2.53. The van der Waals surface area contributed by atoms with Crippen LogP contribution in [0.2, 0.25) is 0 Å². The van der Waals surface area contributed by atoms with Gasteiger partial charge < -0.3 is 4.74 Å². The van der Waals surface area contributed by atoms with Gasteiger partial charge >= 0.3 is 6.09 Å². The number of ether oxygens (including phenoxy) is 1. The molecule has 0 bridgehead atoms. The van der Waals surface area contributed by atoms with Crippen molar-refractivity contribution < 1.29 is 9.53 Å². The molecule has 4 nitrogen and oxygen atoms in total. The molecule has 0 atom stereocenters. The smallest absolute Gasteiger partial charge is 0.424 e. The van der Waals surface area contributed by atoms with Crippen molar-refractivity contribution in [1.82, 2.24) is 5.01 Å². The third-order valence-corrected chi connectivity index (χ3v) is 2.49. The summed E-state index contributed by atoms with van der Waals surface area (Å²) in [6.45, 7) is 5.63. The van der Waals surface area contributed by atoms with Gasteiger partial charge in [0.2, 0.25) is 0 Å². The Morgan fingerprint density at radius 3 is 2.29 bits per heavy atom. The number of carbonyl (C=O) groups is 1. The molecule has 0 aromatic carbocycles. The number of rotatable bonds is 1. The molecule has 1 fully saturated rings. The molecular formula is C10H20N2O2. The maximum atomic E-state index is 11.5. The highest BCUT2D eigenvalue weighted by Gasteiger charge is 2.27. The summed E-state index contributed by atoms with van der Waals surface area (Å²) < 4.78 is 5.26. The minimum absolute atomic E-state index is 0.0795. The fourth-order valence-corrected chi connectivity index (χ4v) is 1.48. The van der Waals surface area contributed by atoms with Crippen molar-refractivity contribution in [3.8, 4) is 0 Å². The predicted octanol–water partition coefficient (Wildman–Crippen LogP) is 2.04. The first kappa shape index (κ1) is 11.3. The van der Waals surface area contributed by atoms with Crippen molar-refractivity contribution in [2.45, 2.75) is 58.1 Å². The van der Waals surface area contributed by atoms with E-state index in [4.69, 9.17) is 10.6 Å². The fourth-order valence-electron chi connectivity index (χ4n) is 1.48. The van der Waals surface area contributed by atoms with E-state index in [2.05, 4.69) is 0 Å². The van der Waals surface area contributed by atoms with Gasteiger partial charge in [0.1, 0.15) is 6.10 Å². The molecule has 1 saturated carbocycles. The summed E-state index contributed by atoms with van der Waals surface area (Å²) in [6.07, 6.45) is 3.92. The Bertz CT molecular complexity index is 205. The van der Waals surface area contributed by atoms with Gasteiger partial charge in [-0.05, 0) is 46.5 Å². The molecule has 82 valence electrons. The number of hydrogen-bond acceptors (Lipinski definition) is 3. The number of hydrazine groups is 1. The topological polar surface area (TPSA) is 55.6 Å². The molecule has 0 saturated heterocycles. The normalized spacial score (nSPS) is 18.3. The van der Waals surface area contributed by atoms with Crippen molar-refractivity contribution in [2.75, 3.05) is 0 Å². The maximum Gasteiger partial charge on any atom is 0.424 e. The zero-order valence-electron chi connectivity index (χ0n) is 9.25. The number of hydrogen-bond donors (Lipinski definition) is 1. The molecule has 2 N–H and O–H groups in total. The molecule has 0 heterocycles. The van der Waals surface area contributed by atoms with Crippen LogP contribution < -0.4 is 5.84 Å². The van der Waals surface area contributed by atoms with Crippen LogP contribution in [-0.2, 0) is 4.74 Å². The zero-order chi connectivity index (χ0) is 10.8. The maximum absolute atomic E-state index is 11.5.